The van der Waals surface area contributed by atoms with Crippen molar-refractivity contribution in [3.8, 4) is 5.75 Å². The first-order chi connectivity index (χ1) is 10.1. The zero-order valence-corrected chi connectivity index (χ0v) is 12.5. The summed E-state index contributed by atoms with van der Waals surface area (Å²) in [6.45, 7) is 3.62. The van der Waals surface area contributed by atoms with Gasteiger partial charge < -0.3 is 4.74 Å². The van der Waals surface area contributed by atoms with Crippen molar-refractivity contribution < 1.29 is 14.3 Å². The van der Waals surface area contributed by atoms with Gasteiger partial charge in [0, 0.05) is 5.56 Å². The number of ether oxygens (including phenoxy) is 1. The van der Waals surface area contributed by atoms with Gasteiger partial charge in [-0.2, -0.15) is 0 Å². The number of anilines is 1. The Morgan fingerprint density at radius 2 is 2.10 bits per heavy atom. The predicted molar refractivity (Wildman–Crippen MR) is 79.8 cm³/mol. The Labute approximate surface area is 126 Å². The number of aldehydes is 1. The fourth-order valence-corrected chi connectivity index (χ4v) is 2.22. The Balaban J connectivity index is 1.93. The highest BCUT2D eigenvalue weighted by Crippen LogP contribution is 2.17. The normalized spacial score (nSPS) is 11.7. The Kier molecular flexibility index (Phi) is 4.99. The van der Waals surface area contributed by atoms with Crippen molar-refractivity contribution in [2.75, 3.05) is 5.32 Å². The second kappa shape index (κ2) is 6.94. The first-order valence-corrected chi connectivity index (χ1v) is 7.29. The highest BCUT2D eigenvalue weighted by atomic mass is 32.1. The summed E-state index contributed by atoms with van der Waals surface area (Å²) in [7, 11) is 0. The van der Waals surface area contributed by atoms with Gasteiger partial charge in [0.2, 0.25) is 5.13 Å². The summed E-state index contributed by atoms with van der Waals surface area (Å²) >= 11 is 1.34. The zero-order valence-electron chi connectivity index (χ0n) is 11.7. The van der Waals surface area contributed by atoms with Crippen LogP contribution in [0.1, 0.15) is 29.2 Å². The van der Waals surface area contributed by atoms with E-state index >= 15 is 0 Å². The molecule has 0 spiro atoms. The van der Waals surface area contributed by atoms with Gasteiger partial charge >= 0.3 is 0 Å². The molecule has 0 bridgehead atoms. The molecule has 1 heterocycles. The monoisotopic (exact) mass is 305 g/mol. The van der Waals surface area contributed by atoms with Crippen LogP contribution in [0.3, 0.4) is 0 Å². The molecule has 0 aliphatic rings. The summed E-state index contributed by atoms with van der Waals surface area (Å²) in [6, 6.07) is 6.55. The van der Waals surface area contributed by atoms with Crippen molar-refractivity contribution in [2.24, 2.45) is 0 Å². The number of benzene rings is 1. The predicted octanol–water partition coefficient (Wildman–Crippen LogP) is 2.32. The number of amides is 1. The van der Waals surface area contributed by atoms with E-state index in [1.165, 1.54) is 11.3 Å². The summed E-state index contributed by atoms with van der Waals surface area (Å²) in [5, 5.41) is 11.8. The largest absolute Gasteiger partial charge is 0.481 e. The standard InChI is InChI=1S/C14H15N3O3S/c1-3-12-16-17-14(21-12)15-13(19)9(2)20-11-6-4-10(8-18)5-7-11/h4-9H,3H2,1-2H3,(H,15,17,19). The second-order valence-electron chi connectivity index (χ2n) is 4.29. The lowest BCUT2D eigenvalue weighted by atomic mass is 10.2. The fourth-order valence-electron chi connectivity index (χ4n) is 1.54. The van der Waals surface area contributed by atoms with E-state index in [0.717, 1.165) is 17.7 Å². The topological polar surface area (TPSA) is 81.2 Å². The molecule has 1 aromatic carbocycles. The quantitative estimate of drug-likeness (QED) is 0.828. The van der Waals surface area contributed by atoms with Crippen LogP contribution < -0.4 is 10.1 Å². The Morgan fingerprint density at radius 1 is 1.38 bits per heavy atom. The second-order valence-corrected chi connectivity index (χ2v) is 5.35. The van der Waals surface area contributed by atoms with E-state index in [1.54, 1.807) is 31.2 Å². The third-order valence-corrected chi connectivity index (χ3v) is 3.68. The lowest BCUT2D eigenvalue weighted by Crippen LogP contribution is -2.30. The maximum Gasteiger partial charge on any atom is 0.266 e. The van der Waals surface area contributed by atoms with Crippen molar-refractivity contribution in [2.45, 2.75) is 26.4 Å². The molecule has 1 unspecified atom stereocenters. The third-order valence-electron chi connectivity index (χ3n) is 2.70. The van der Waals surface area contributed by atoms with Gasteiger partial charge in [-0.05, 0) is 37.6 Å². The van der Waals surface area contributed by atoms with Gasteiger partial charge in [-0.1, -0.05) is 18.3 Å². The lowest BCUT2D eigenvalue weighted by molar-refractivity contribution is -0.122. The van der Waals surface area contributed by atoms with Gasteiger partial charge in [0.05, 0.1) is 0 Å². The molecule has 1 N–H and O–H groups in total. The minimum atomic E-state index is -0.680. The van der Waals surface area contributed by atoms with Crippen molar-refractivity contribution in [1.29, 1.82) is 0 Å². The van der Waals surface area contributed by atoms with Gasteiger partial charge in [-0.15, -0.1) is 10.2 Å². The Bertz CT molecular complexity index is 625. The summed E-state index contributed by atoms with van der Waals surface area (Å²) < 4.78 is 5.51. The van der Waals surface area contributed by atoms with E-state index in [9.17, 15) is 9.59 Å². The number of hydrogen-bond donors (Lipinski definition) is 1. The summed E-state index contributed by atoms with van der Waals surface area (Å²) in [5.41, 5.74) is 0.556. The molecule has 0 aliphatic carbocycles. The van der Waals surface area contributed by atoms with E-state index in [1.807, 2.05) is 6.92 Å². The molecule has 6 nitrogen and oxygen atoms in total. The average molecular weight is 305 g/mol. The highest BCUT2D eigenvalue weighted by molar-refractivity contribution is 7.15. The molecule has 0 fully saturated rings. The van der Waals surface area contributed by atoms with Gasteiger partial charge in [0.1, 0.15) is 17.0 Å². The van der Waals surface area contributed by atoms with Crippen LogP contribution in [-0.4, -0.2) is 28.5 Å². The fraction of sp³-hybridized carbons (Fsp3) is 0.286. The number of carbonyl (C=O) groups excluding carboxylic acids is 2. The first kappa shape index (κ1) is 15.1. The number of aromatic nitrogens is 2. The van der Waals surface area contributed by atoms with Crippen molar-refractivity contribution in [3.05, 3.63) is 34.8 Å². The molecule has 0 saturated carbocycles. The van der Waals surface area contributed by atoms with Gasteiger partial charge in [0.25, 0.3) is 5.91 Å². The summed E-state index contributed by atoms with van der Waals surface area (Å²) in [4.78, 5) is 22.5. The van der Waals surface area contributed by atoms with Crippen LogP contribution in [0.4, 0.5) is 5.13 Å². The summed E-state index contributed by atoms with van der Waals surface area (Å²) in [6.07, 6.45) is 0.852. The van der Waals surface area contributed by atoms with E-state index in [0.29, 0.717) is 16.4 Å². The number of nitrogens with one attached hydrogen (secondary N) is 1. The van der Waals surface area contributed by atoms with E-state index in [2.05, 4.69) is 15.5 Å². The molecule has 110 valence electrons. The molecule has 1 aromatic heterocycles. The van der Waals surface area contributed by atoms with Crippen molar-refractivity contribution in [3.63, 3.8) is 0 Å². The SMILES string of the molecule is CCc1nnc(NC(=O)C(C)Oc2ccc(C=O)cc2)s1. The highest BCUT2D eigenvalue weighted by Gasteiger charge is 2.16. The lowest BCUT2D eigenvalue weighted by Gasteiger charge is -2.13. The number of nitrogens with zero attached hydrogens (tertiary/aromatic N) is 2. The molecule has 0 radical (unpaired) electrons. The summed E-state index contributed by atoms with van der Waals surface area (Å²) in [5.74, 6) is 0.225. The maximum atomic E-state index is 12.0. The smallest absolute Gasteiger partial charge is 0.266 e. The van der Waals surface area contributed by atoms with E-state index in [-0.39, 0.29) is 5.91 Å². The average Bonchev–Trinajstić information content (AvgIpc) is 2.95. The van der Waals surface area contributed by atoms with Crippen molar-refractivity contribution >= 4 is 28.7 Å². The van der Waals surface area contributed by atoms with Crippen LogP contribution in [0.5, 0.6) is 5.75 Å². The minimum Gasteiger partial charge on any atom is -0.481 e. The van der Waals surface area contributed by atoms with E-state index in [4.69, 9.17) is 4.74 Å². The number of rotatable bonds is 6. The van der Waals surface area contributed by atoms with Crippen LogP contribution in [0, 0.1) is 0 Å². The zero-order chi connectivity index (χ0) is 15.2. The van der Waals surface area contributed by atoms with Crippen LogP contribution in [-0.2, 0) is 11.2 Å². The number of hydrogen-bond acceptors (Lipinski definition) is 6. The molecular weight excluding hydrogens is 290 g/mol. The molecule has 0 aliphatic heterocycles. The van der Waals surface area contributed by atoms with Crippen LogP contribution in [0.2, 0.25) is 0 Å². The Hall–Kier alpha value is -2.28. The maximum absolute atomic E-state index is 12.0. The molecule has 2 rings (SSSR count). The van der Waals surface area contributed by atoms with Crippen molar-refractivity contribution in [1.82, 2.24) is 10.2 Å². The van der Waals surface area contributed by atoms with Gasteiger partial charge in [0.15, 0.2) is 6.10 Å². The van der Waals surface area contributed by atoms with Gasteiger partial charge in [-0.3, -0.25) is 14.9 Å². The molecule has 1 amide bonds. The molecule has 2 aromatic rings. The Morgan fingerprint density at radius 3 is 2.67 bits per heavy atom. The van der Waals surface area contributed by atoms with Crippen LogP contribution in [0.15, 0.2) is 24.3 Å². The first-order valence-electron chi connectivity index (χ1n) is 6.47. The van der Waals surface area contributed by atoms with Crippen LogP contribution in [0.25, 0.3) is 0 Å². The van der Waals surface area contributed by atoms with Crippen LogP contribution >= 0.6 is 11.3 Å². The third kappa shape index (κ3) is 4.09. The number of carbonyl (C=O) groups is 2. The molecular formula is C14H15N3O3S. The molecule has 0 saturated heterocycles. The van der Waals surface area contributed by atoms with E-state index < -0.39 is 6.10 Å². The molecule has 21 heavy (non-hydrogen) atoms. The van der Waals surface area contributed by atoms with Gasteiger partial charge in [-0.25, -0.2) is 0 Å². The minimum absolute atomic E-state index is 0.298. The molecule has 7 heteroatoms. The molecule has 1 atom stereocenters. The number of aryl methyl sites for hydroxylation is 1.